The summed E-state index contributed by atoms with van der Waals surface area (Å²) >= 11 is 7.57. The maximum absolute atomic E-state index is 13.7. The van der Waals surface area contributed by atoms with Gasteiger partial charge in [0.05, 0.1) is 16.4 Å². The lowest BCUT2D eigenvalue weighted by atomic mass is 10.2. The number of rotatable bonds is 3. The number of halogens is 2. The van der Waals surface area contributed by atoms with Crippen molar-refractivity contribution in [3.05, 3.63) is 58.2 Å². The fraction of sp³-hybridized carbons (Fsp3) is 0.200. The molecule has 146 valence electrons. The molecular formula is C20H18ClFN2O3S. The van der Waals surface area contributed by atoms with E-state index in [2.05, 4.69) is 10.6 Å². The number of nitrogens with one attached hydrogen (secondary N) is 2. The molecule has 0 saturated heterocycles. The van der Waals surface area contributed by atoms with Gasteiger partial charge in [0.15, 0.2) is 0 Å². The number of amides is 2. The van der Waals surface area contributed by atoms with E-state index in [1.165, 1.54) is 23.5 Å². The van der Waals surface area contributed by atoms with Crippen molar-refractivity contribution in [2.24, 2.45) is 0 Å². The zero-order chi connectivity index (χ0) is 20.5. The molecule has 0 aliphatic rings. The molecule has 0 atom stereocenters. The van der Waals surface area contributed by atoms with E-state index in [1.807, 2.05) is 24.3 Å². The second-order valence-electron chi connectivity index (χ2n) is 7.01. The second-order valence-corrected chi connectivity index (χ2v) is 8.44. The number of carbonyl (C=O) groups is 2. The fourth-order valence-electron chi connectivity index (χ4n) is 2.48. The van der Waals surface area contributed by atoms with Gasteiger partial charge >= 0.3 is 6.09 Å². The molecule has 0 saturated carbocycles. The van der Waals surface area contributed by atoms with E-state index >= 15 is 0 Å². The summed E-state index contributed by atoms with van der Waals surface area (Å²) in [5.74, 6) is -1.06. The molecule has 0 aliphatic carbocycles. The van der Waals surface area contributed by atoms with Crippen molar-refractivity contribution in [3.8, 4) is 0 Å². The van der Waals surface area contributed by atoms with Crippen LogP contribution in [0.3, 0.4) is 0 Å². The molecule has 1 aromatic heterocycles. The average molecular weight is 421 g/mol. The van der Waals surface area contributed by atoms with E-state index in [1.54, 1.807) is 20.8 Å². The third-order valence-electron chi connectivity index (χ3n) is 3.61. The maximum atomic E-state index is 13.7. The number of hydrogen-bond acceptors (Lipinski definition) is 4. The van der Waals surface area contributed by atoms with Crippen molar-refractivity contribution in [3.63, 3.8) is 0 Å². The summed E-state index contributed by atoms with van der Waals surface area (Å²) in [6.07, 6.45) is -0.713. The molecule has 2 aromatic carbocycles. The van der Waals surface area contributed by atoms with Gasteiger partial charge in [0.25, 0.3) is 5.91 Å². The van der Waals surface area contributed by atoms with Crippen LogP contribution in [0, 0.1) is 5.82 Å². The first-order valence-corrected chi connectivity index (χ1v) is 9.61. The molecule has 0 aliphatic heterocycles. The Hall–Kier alpha value is -2.64. The minimum absolute atomic E-state index is 0.101. The van der Waals surface area contributed by atoms with Gasteiger partial charge in [0.2, 0.25) is 0 Å². The molecule has 0 bridgehead atoms. The van der Waals surface area contributed by atoms with Crippen LogP contribution >= 0.6 is 22.9 Å². The van der Waals surface area contributed by atoms with Gasteiger partial charge in [-0.25, -0.2) is 9.18 Å². The predicted molar refractivity (Wildman–Crippen MR) is 111 cm³/mol. The Bertz CT molecular complexity index is 1060. The van der Waals surface area contributed by atoms with Crippen molar-refractivity contribution >= 4 is 56.4 Å². The molecule has 2 N–H and O–H groups in total. The Balaban J connectivity index is 1.86. The van der Waals surface area contributed by atoms with Crippen LogP contribution in [0.25, 0.3) is 10.1 Å². The van der Waals surface area contributed by atoms with Crippen LogP contribution in [0.1, 0.15) is 30.4 Å². The van der Waals surface area contributed by atoms with Crippen LogP contribution in [0.2, 0.25) is 5.02 Å². The normalized spacial score (nSPS) is 11.3. The van der Waals surface area contributed by atoms with Gasteiger partial charge in [-0.2, -0.15) is 0 Å². The Morgan fingerprint density at radius 3 is 2.46 bits per heavy atom. The van der Waals surface area contributed by atoms with Crippen molar-refractivity contribution in [1.82, 2.24) is 0 Å². The number of benzene rings is 2. The minimum atomic E-state index is -0.713. The van der Waals surface area contributed by atoms with Crippen LogP contribution in [0.4, 0.5) is 20.6 Å². The van der Waals surface area contributed by atoms with E-state index in [-0.39, 0.29) is 11.4 Å². The van der Waals surface area contributed by atoms with Gasteiger partial charge in [-0.1, -0.05) is 29.8 Å². The molecule has 1 heterocycles. The summed E-state index contributed by atoms with van der Waals surface area (Å²) in [6, 6.07) is 11.0. The van der Waals surface area contributed by atoms with Crippen LogP contribution in [-0.4, -0.2) is 17.6 Å². The molecule has 28 heavy (non-hydrogen) atoms. The molecule has 0 radical (unpaired) electrons. The summed E-state index contributed by atoms with van der Waals surface area (Å²) in [7, 11) is 0. The third kappa shape index (κ3) is 4.61. The number of carbonyl (C=O) groups excluding carboxylic acids is 2. The summed E-state index contributed by atoms with van der Waals surface area (Å²) in [6.45, 7) is 5.18. The van der Waals surface area contributed by atoms with E-state index in [0.29, 0.717) is 9.90 Å². The quantitative estimate of drug-likeness (QED) is 0.523. The lowest BCUT2D eigenvalue weighted by molar-refractivity contribution is 0.0635. The highest BCUT2D eigenvalue weighted by atomic mass is 35.5. The maximum Gasteiger partial charge on any atom is 0.412 e. The van der Waals surface area contributed by atoms with Crippen molar-refractivity contribution in [2.45, 2.75) is 26.4 Å². The van der Waals surface area contributed by atoms with Crippen LogP contribution in [0.5, 0.6) is 0 Å². The van der Waals surface area contributed by atoms with Gasteiger partial charge in [-0.05, 0) is 45.0 Å². The van der Waals surface area contributed by atoms with Crippen LogP contribution < -0.4 is 10.6 Å². The minimum Gasteiger partial charge on any atom is -0.444 e. The van der Waals surface area contributed by atoms with E-state index in [9.17, 15) is 14.0 Å². The summed E-state index contributed by atoms with van der Waals surface area (Å²) < 4.78 is 19.8. The zero-order valence-electron chi connectivity index (χ0n) is 15.4. The average Bonchev–Trinajstić information content (AvgIpc) is 2.93. The molecule has 0 unspecified atom stereocenters. The summed E-state index contributed by atoms with van der Waals surface area (Å²) in [5, 5.41) is 6.23. The van der Waals surface area contributed by atoms with E-state index in [0.717, 1.165) is 16.2 Å². The SMILES string of the molecule is CC(C)(C)OC(=O)Nc1ccc(F)cc1NC(=O)c1sc2ccccc2c1Cl. The number of hydrogen-bond donors (Lipinski definition) is 2. The monoisotopic (exact) mass is 420 g/mol. The van der Waals surface area contributed by atoms with Crippen LogP contribution in [-0.2, 0) is 4.74 Å². The lowest BCUT2D eigenvalue weighted by Crippen LogP contribution is -2.27. The largest absolute Gasteiger partial charge is 0.444 e. The number of anilines is 2. The topological polar surface area (TPSA) is 67.4 Å². The smallest absolute Gasteiger partial charge is 0.412 e. The Labute approximate surface area is 170 Å². The molecular weight excluding hydrogens is 403 g/mol. The first-order valence-electron chi connectivity index (χ1n) is 8.42. The zero-order valence-corrected chi connectivity index (χ0v) is 17.0. The van der Waals surface area contributed by atoms with Gasteiger partial charge < -0.3 is 10.1 Å². The molecule has 8 heteroatoms. The first kappa shape index (κ1) is 20.1. The number of thiophene rings is 1. The van der Waals surface area contributed by atoms with Crippen molar-refractivity contribution in [1.29, 1.82) is 0 Å². The van der Waals surface area contributed by atoms with E-state index in [4.69, 9.17) is 16.3 Å². The molecule has 3 aromatic rings. The fourth-order valence-corrected chi connectivity index (χ4v) is 3.89. The van der Waals surface area contributed by atoms with Gasteiger partial charge in [-0.15, -0.1) is 11.3 Å². The van der Waals surface area contributed by atoms with E-state index < -0.39 is 23.4 Å². The number of fused-ring (bicyclic) bond motifs is 1. The number of ether oxygens (including phenoxy) is 1. The van der Waals surface area contributed by atoms with Gasteiger partial charge in [0, 0.05) is 10.1 Å². The highest BCUT2D eigenvalue weighted by Crippen LogP contribution is 2.36. The second kappa shape index (κ2) is 7.77. The molecule has 5 nitrogen and oxygen atoms in total. The molecule has 0 fully saturated rings. The Morgan fingerprint density at radius 2 is 1.79 bits per heavy atom. The third-order valence-corrected chi connectivity index (χ3v) is 5.28. The first-order chi connectivity index (χ1) is 13.1. The van der Waals surface area contributed by atoms with Crippen molar-refractivity contribution in [2.75, 3.05) is 10.6 Å². The highest BCUT2D eigenvalue weighted by Gasteiger charge is 2.20. The van der Waals surface area contributed by atoms with Crippen molar-refractivity contribution < 1.29 is 18.7 Å². The Kier molecular flexibility index (Phi) is 5.58. The Morgan fingerprint density at radius 1 is 1.07 bits per heavy atom. The predicted octanol–water partition coefficient (Wildman–Crippen LogP) is 6.29. The lowest BCUT2D eigenvalue weighted by Gasteiger charge is -2.20. The summed E-state index contributed by atoms with van der Waals surface area (Å²) in [5.41, 5.74) is -0.386. The highest BCUT2D eigenvalue weighted by molar-refractivity contribution is 7.21. The van der Waals surface area contributed by atoms with Gasteiger partial charge in [0.1, 0.15) is 16.3 Å². The standard InChI is InChI=1S/C20H18ClFN2O3S/c1-20(2,3)27-19(26)24-13-9-8-11(22)10-14(13)23-18(25)17-16(21)12-6-4-5-7-15(12)28-17/h4-10H,1-3H3,(H,23,25)(H,24,26). The molecule has 2 amide bonds. The van der Waals surface area contributed by atoms with Gasteiger partial charge in [-0.3, -0.25) is 10.1 Å². The molecule has 0 spiro atoms. The van der Waals surface area contributed by atoms with Crippen LogP contribution in [0.15, 0.2) is 42.5 Å². The summed E-state index contributed by atoms with van der Waals surface area (Å²) in [4.78, 5) is 25.1. The molecule has 3 rings (SSSR count).